The molecule has 1 saturated carbocycles. The first-order valence-electron chi connectivity index (χ1n) is 7.20. The SMILES string of the molecule is COCCCC(N)C(=O)NC1CCCCC1(C)C(=O)O. The topological polar surface area (TPSA) is 102 Å². The predicted octanol–water partition coefficient (Wildman–Crippen LogP) is 0.890. The maximum Gasteiger partial charge on any atom is 0.311 e. The normalized spacial score (nSPS) is 27.9. The van der Waals surface area contributed by atoms with Gasteiger partial charge in [-0.05, 0) is 32.6 Å². The van der Waals surface area contributed by atoms with E-state index < -0.39 is 17.4 Å². The van der Waals surface area contributed by atoms with Crippen LogP contribution in [0.25, 0.3) is 0 Å². The summed E-state index contributed by atoms with van der Waals surface area (Å²) in [6.07, 6.45) is 4.36. The monoisotopic (exact) mass is 286 g/mol. The van der Waals surface area contributed by atoms with Crippen molar-refractivity contribution in [3.63, 3.8) is 0 Å². The minimum Gasteiger partial charge on any atom is -0.481 e. The van der Waals surface area contributed by atoms with Gasteiger partial charge in [0.2, 0.25) is 5.91 Å². The zero-order valence-electron chi connectivity index (χ0n) is 12.4. The summed E-state index contributed by atoms with van der Waals surface area (Å²) in [6.45, 7) is 2.27. The van der Waals surface area contributed by atoms with Crippen LogP contribution in [0.2, 0.25) is 0 Å². The summed E-state index contributed by atoms with van der Waals surface area (Å²) in [5.74, 6) is -1.11. The lowest BCUT2D eigenvalue weighted by Gasteiger charge is -2.38. The molecule has 0 aromatic rings. The molecule has 0 bridgehead atoms. The molecule has 0 spiro atoms. The summed E-state index contributed by atoms with van der Waals surface area (Å²) in [5.41, 5.74) is 4.94. The molecule has 0 aliphatic heterocycles. The van der Waals surface area contributed by atoms with Gasteiger partial charge in [-0.25, -0.2) is 0 Å². The molecule has 0 aromatic heterocycles. The van der Waals surface area contributed by atoms with Crippen LogP contribution in [0.3, 0.4) is 0 Å². The zero-order chi connectivity index (χ0) is 15.2. The van der Waals surface area contributed by atoms with Crippen molar-refractivity contribution in [2.45, 2.75) is 57.5 Å². The fourth-order valence-electron chi connectivity index (χ4n) is 2.68. The number of hydrogen-bond acceptors (Lipinski definition) is 4. The van der Waals surface area contributed by atoms with E-state index in [-0.39, 0.29) is 11.9 Å². The second kappa shape index (κ2) is 7.59. The number of rotatable bonds is 7. The van der Waals surface area contributed by atoms with Crippen LogP contribution in [0.4, 0.5) is 0 Å². The van der Waals surface area contributed by atoms with Crippen LogP contribution in [-0.4, -0.2) is 42.8 Å². The number of methoxy groups -OCH3 is 1. The van der Waals surface area contributed by atoms with Gasteiger partial charge in [0.25, 0.3) is 0 Å². The summed E-state index contributed by atoms with van der Waals surface area (Å²) < 4.78 is 4.92. The first-order valence-corrected chi connectivity index (χ1v) is 7.20. The van der Waals surface area contributed by atoms with E-state index in [1.807, 2.05) is 0 Å². The smallest absolute Gasteiger partial charge is 0.311 e. The number of nitrogens with one attached hydrogen (secondary N) is 1. The lowest BCUT2D eigenvalue weighted by atomic mass is 9.71. The summed E-state index contributed by atoms with van der Waals surface area (Å²) in [7, 11) is 1.60. The van der Waals surface area contributed by atoms with Crippen LogP contribution in [0, 0.1) is 5.41 Å². The second-order valence-electron chi connectivity index (χ2n) is 5.77. The first kappa shape index (κ1) is 16.9. The molecule has 4 N–H and O–H groups in total. The van der Waals surface area contributed by atoms with Gasteiger partial charge in [-0.1, -0.05) is 12.8 Å². The third-order valence-corrected chi connectivity index (χ3v) is 4.21. The molecular formula is C14H26N2O4. The van der Waals surface area contributed by atoms with Crippen LogP contribution in [-0.2, 0) is 14.3 Å². The van der Waals surface area contributed by atoms with Crippen LogP contribution >= 0.6 is 0 Å². The third kappa shape index (κ3) is 4.18. The average Bonchev–Trinajstić information content (AvgIpc) is 2.41. The number of amides is 1. The number of ether oxygens (including phenoxy) is 1. The van der Waals surface area contributed by atoms with Gasteiger partial charge >= 0.3 is 5.97 Å². The van der Waals surface area contributed by atoms with Crippen LogP contribution in [0.1, 0.15) is 45.4 Å². The number of aliphatic carboxylic acids is 1. The van der Waals surface area contributed by atoms with Crippen molar-refractivity contribution in [2.75, 3.05) is 13.7 Å². The van der Waals surface area contributed by atoms with Crippen LogP contribution < -0.4 is 11.1 Å². The lowest BCUT2D eigenvalue weighted by molar-refractivity contribution is -0.152. The number of carboxylic acids is 1. The fraction of sp³-hybridized carbons (Fsp3) is 0.857. The largest absolute Gasteiger partial charge is 0.481 e. The van der Waals surface area contributed by atoms with Gasteiger partial charge in [-0.2, -0.15) is 0 Å². The second-order valence-corrected chi connectivity index (χ2v) is 5.77. The molecule has 1 rings (SSSR count). The molecule has 3 unspecified atom stereocenters. The molecule has 1 aliphatic carbocycles. The molecule has 6 heteroatoms. The van der Waals surface area contributed by atoms with Crippen molar-refractivity contribution in [3.05, 3.63) is 0 Å². The Bertz CT molecular complexity index is 348. The molecule has 116 valence electrons. The van der Waals surface area contributed by atoms with Gasteiger partial charge in [-0.3, -0.25) is 9.59 Å². The third-order valence-electron chi connectivity index (χ3n) is 4.21. The Kier molecular flexibility index (Phi) is 6.42. The maximum absolute atomic E-state index is 12.0. The molecule has 0 saturated heterocycles. The summed E-state index contributed by atoms with van der Waals surface area (Å²) >= 11 is 0. The predicted molar refractivity (Wildman–Crippen MR) is 75.2 cm³/mol. The average molecular weight is 286 g/mol. The summed E-state index contributed by atoms with van der Waals surface area (Å²) in [4.78, 5) is 23.5. The molecule has 3 atom stereocenters. The standard InChI is InChI=1S/C14H26N2O4/c1-14(13(18)19)8-4-3-7-11(14)16-12(17)10(15)6-5-9-20-2/h10-11H,3-9,15H2,1-2H3,(H,16,17)(H,18,19). The molecule has 0 heterocycles. The van der Waals surface area contributed by atoms with E-state index in [1.165, 1.54) is 0 Å². The number of nitrogens with two attached hydrogens (primary N) is 1. The Morgan fingerprint density at radius 2 is 2.20 bits per heavy atom. The van der Waals surface area contributed by atoms with Crippen molar-refractivity contribution in [1.82, 2.24) is 5.32 Å². The molecule has 20 heavy (non-hydrogen) atoms. The number of carbonyl (C=O) groups is 2. The minimum atomic E-state index is -0.889. The Morgan fingerprint density at radius 1 is 1.50 bits per heavy atom. The fourth-order valence-corrected chi connectivity index (χ4v) is 2.68. The van der Waals surface area contributed by atoms with Crippen LogP contribution in [0.5, 0.6) is 0 Å². The minimum absolute atomic E-state index is 0.263. The molecule has 1 fully saturated rings. The Morgan fingerprint density at radius 3 is 2.80 bits per heavy atom. The quantitative estimate of drug-likeness (QED) is 0.603. The lowest BCUT2D eigenvalue weighted by Crippen LogP contribution is -2.55. The molecular weight excluding hydrogens is 260 g/mol. The number of hydrogen-bond donors (Lipinski definition) is 3. The van der Waals surface area contributed by atoms with E-state index in [2.05, 4.69) is 5.32 Å². The molecule has 0 aromatic carbocycles. The van der Waals surface area contributed by atoms with E-state index in [9.17, 15) is 14.7 Å². The van der Waals surface area contributed by atoms with Gasteiger partial charge < -0.3 is 20.9 Å². The van der Waals surface area contributed by atoms with Gasteiger partial charge in [-0.15, -0.1) is 0 Å². The highest BCUT2D eigenvalue weighted by Gasteiger charge is 2.44. The molecule has 6 nitrogen and oxygen atoms in total. The van der Waals surface area contributed by atoms with E-state index in [0.717, 1.165) is 12.8 Å². The molecule has 1 aliphatic rings. The summed E-state index contributed by atoms with van der Waals surface area (Å²) in [6, 6.07) is -0.945. The molecule has 0 radical (unpaired) electrons. The van der Waals surface area contributed by atoms with Gasteiger partial charge in [0.1, 0.15) is 0 Å². The zero-order valence-corrected chi connectivity index (χ0v) is 12.4. The highest BCUT2D eigenvalue weighted by molar-refractivity contribution is 5.83. The van der Waals surface area contributed by atoms with Crippen LogP contribution in [0.15, 0.2) is 0 Å². The van der Waals surface area contributed by atoms with Gasteiger partial charge in [0, 0.05) is 19.8 Å². The van der Waals surface area contributed by atoms with Crippen molar-refractivity contribution < 1.29 is 19.4 Å². The van der Waals surface area contributed by atoms with Gasteiger partial charge in [0.15, 0.2) is 0 Å². The Labute approximate surface area is 120 Å². The van der Waals surface area contributed by atoms with Crippen molar-refractivity contribution in [3.8, 4) is 0 Å². The molecule has 1 amide bonds. The maximum atomic E-state index is 12.0. The van der Waals surface area contributed by atoms with E-state index in [4.69, 9.17) is 10.5 Å². The van der Waals surface area contributed by atoms with E-state index in [0.29, 0.717) is 32.3 Å². The van der Waals surface area contributed by atoms with E-state index in [1.54, 1.807) is 14.0 Å². The number of carbonyl (C=O) groups excluding carboxylic acids is 1. The first-order chi connectivity index (χ1) is 9.41. The highest BCUT2D eigenvalue weighted by Crippen LogP contribution is 2.36. The van der Waals surface area contributed by atoms with Crippen molar-refractivity contribution >= 4 is 11.9 Å². The van der Waals surface area contributed by atoms with Crippen molar-refractivity contribution in [2.24, 2.45) is 11.1 Å². The van der Waals surface area contributed by atoms with Gasteiger partial charge in [0.05, 0.1) is 11.5 Å². The van der Waals surface area contributed by atoms with E-state index >= 15 is 0 Å². The highest BCUT2D eigenvalue weighted by atomic mass is 16.5. The Balaban J connectivity index is 2.56. The van der Waals surface area contributed by atoms with Crippen molar-refractivity contribution in [1.29, 1.82) is 0 Å². The summed E-state index contributed by atoms with van der Waals surface area (Å²) in [5, 5.41) is 12.2. The number of carboxylic acid groups (broad SMARTS) is 1. The Hall–Kier alpha value is -1.14.